The first-order valence-corrected chi connectivity index (χ1v) is 16.2. The number of methoxy groups -OCH3 is 1. The summed E-state index contributed by atoms with van der Waals surface area (Å²) in [6.07, 6.45) is 4.02. The van der Waals surface area contributed by atoms with Crippen molar-refractivity contribution in [3.05, 3.63) is 88.2 Å². The lowest BCUT2D eigenvalue weighted by Gasteiger charge is -2.34. The Morgan fingerprint density at radius 3 is 2.26 bits per heavy atom. The third kappa shape index (κ3) is 7.99. The van der Waals surface area contributed by atoms with E-state index in [2.05, 4.69) is 5.32 Å². The number of rotatable bonds is 12. The third-order valence-electron chi connectivity index (χ3n) is 7.48. The number of halogens is 3. The number of sulfonamides is 1. The van der Waals surface area contributed by atoms with Crippen LogP contribution in [-0.2, 0) is 26.2 Å². The van der Waals surface area contributed by atoms with E-state index in [4.69, 9.17) is 27.9 Å². The van der Waals surface area contributed by atoms with E-state index in [1.54, 1.807) is 25.1 Å². The van der Waals surface area contributed by atoms with E-state index < -0.39 is 34.3 Å². The second-order valence-corrected chi connectivity index (χ2v) is 13.0. The standard InChI is InChI=1S/C31H34Cl2FN3O5S/c1-3-29(31(39)35-24-6-4-5-7-24)36(19-21-8-9-22(32)18-28(21)33)30(38)20-37(25-12-10-23(34)11-13-25)43(40,41)27-16-14-26(42-2)15-17-27/h8-18,24,29H,3-7,19-20H2,1-2H3,(H,35,39)/t29-/m1/s1. The number of nitrogens with zero attached hydrogens (tertiary/aromatic N) is 2. The smallest absolute Gasteiger partial charge is 0.264 e. The summed E-state index contributed by atoms with van der Waals surface area (Å²) in [4.78, 5) is 29.0. The zero-order chi connectivity index (χ0) is 31.1. The molecule has 0 unspecified atom stereocenters. The maximum absolute atomic E-state index is 14.2. The topological polar surface area (TPSA) is 96.0 Å². The summed E-state index contributed by atoms with van der Waals surface area (Å²) in [5.41, 5.74) is 0.622. The monoisotopic (exact) mass is 649 g/mol. The maximum Gasteiger partial charge on any atom is 0.264 e. The van der Waals surface area contributed by atoms with Gasteiger partial charge in [-0.05, 0) is 85.5 Å². The summed E-state index contributed by atoms with van der Waals surface area (Å²) < 4.78 is 47.8. The average molecular weight is 651 g/mol. The Balaban J connectivity index is 1.73. The van der Waals surface area contributed by atoms with Crippen molar-refractivity contribution in [1.29, 1.82) is 0 Å². The van der Waals surface area contributed by atoms with Crippen molar-refractivity contribution in [2.45, 2.75) is 62.6 Å². The normalized spacial score (nSPS) is 14.3. The molecule has 0 bridgehead atoms. The molecule has 4 rings (SSSR count). The lowest BCUT2D eigenvalue weighted by molar-refractivity contribution is -0.140. The third-order valence-corrected chi connectivity index (χ3v) is 9.86. The number of hydrogen-bond donors (Lipinski definition) is 1. The number of anilines is 1. The van der Waals surface area contributed by atoms with Gasteiger partial charge in [0.05, 0.1) is 17.7 Å². The van der Waals surface area contributed by atoms with Gasteiger partial charge in [0.15, 0.2) is 0 Å². The summed E-state index contributed by atoms with van der Waals surface area (Å²) in [5, 5.41) is 3.77. The fourth-order valence-electron chi connectivity index (χ4n) is 5.13. The zero-order valence-electron chi connectivity index (χ0n) is 23.9. The van der Waals surface area contributed by atoms with Gasteiger partial charge in [0.1, 0.15) is 24.2 Å². The van der Waals surface area contributed by atoms with Crippen LogP contribution in [0.1, 0.15) is 44.6 Å². The van der Waals surface area contributed by atoms with E-state index >= 15 is 0 Å². The molecule has 12 heteroatoms. The molecule has 1 atom stereocenters. The van der Waals surface area contributed by atoms with E-state index in [0.29, 0.717) is 21.4 Å². The van der Waals surface area contributed by atoms with Crippen LogP contribution in [0.5, 0.6) is 5.75 Å². The van der Waals surface area contributed by atoms with Crippen LogP contribution in [0.4, 0.5) is 10.1 Å². The largest absolute Gasteiger partial charge is 0.497 e. The van der Waals surface area contributed by atoms with Gasteiger partial charge in [0, 0.05) is 22.6 Å². The van der Waals surface area contributed by atoms with E-state index in [-0.39, 0.29) is 35.5 Å². The van der Waals surface area contributed by atoms with Crippen molar-refractivity contribution >= 4 is 50.7 Å². The summed E-state index contributed by atoms with van der Waals surface area (Å²) in [6, 6.07) is 14.5. The van der Waals surface area contributed by atoms with Crippen LogP contribution in [0.15, 0.2) is 71.6 Å². The summed E-state index contributed by atoms with van der Waals surface area (Å²) in [6.45, 7) is 1.07. The maximum atomic E-state index is 14.2. The fourth-order valence-corrected chi connectivity index (χ4v) is 7.01. The van der Waals surface area contributed by atoms with Crippen LogP contribution >= 0.6 is 23.2 Å². The molecule has 0 aromatic heterocycles. The van der Waals surface area contributed by atoms with Gasteiger partial charge in [0.25, 0.3) is 10.0 Å². The number of hydrogen-bond acceptors (Lipinski definition) is 5. The molecule has 1 saturated carbocycles. The van der Waals surface area contributed by atoms with E-state index in [1.807, 2.05) is 0 Å². The number of amides is 2. The first kappa shape index (κ1) is 32.6. The van der Waals surface area contributed by atoms with Gasteiger partial charge in [-0.2, -0.15) is 0 Å². The SMILES string of the molecule is CC[C@H](C(=O)NC1CCCC1)N(Cc1ccc(Cl)cc1Cl)C(=O)CN(c1ccc(F)cc1)S(=O)(=O)c1ccc(OC)cc1. The van der Waals surface area contributed by atoms with Gasteiger partial charge in [-0.1, -0.05) is 49.0 Å². The Kier molecular flexibility index (Phi) is 10.9. The molecule has 0 aliphatic heterocycles. The predicted molar refractivity (Wildman–Crippen MR) is 165 cm³/mol. The van der Waals surface area contributed by atoms with Crippen molar-refractivity contribution in [2.75, 3.05) is 18.0 Å². The van der Waals surface area contributed by atoms with Gasteiger partial charge in [-0.3, -0.25) is 13.9 Å². The lowest BCUT2D eigenvalue weighted by Crippen LogP contribution is -2.53. The highest BCUT2D eigenvalue weighted by Gasteiger charge is 2.35. The molecule has 0 radical (unpaired) electrons. The van der Waals surface area contributed by atoms with Crippen LogP contribution in [0.25, 0.3) is 0 Å². The summed E-state index contributed by atoms with van der Waals surface area (Å²) in [7, 11) is -2.85. The summed E-state index contributed by atoms with van der Waals surface area (Å²) in [5.74, 6) is -1.07. The molecule has 43 heavy (non-hydrogen) atoms. The second-order valence-electron chi connectivity index (χ2n) is 10.3. The average Bonchev–Trinajstić information content (AvgIpc) is 3.50. The molecule has 1 aliphatic rings. The number of benzene rings is 3. The molecular formula is C31H34Cl2FN3O5S. The Bertz CT molecular complexity index is 1530. The van der Waals surface area contributed by atoms with Crippen LogP contribution in [0.2, 0.25) is 10.0 Å². The zero-order valence-corrected chi connectivity index (χ0v) is 26.3. The van der Waals surface area contributed by atoms with E-state index in [9.17, 15) is 22.4 Å². The minimum Gasteiger partial charge on any atom is -0.497 e. The molecule has 0 spiro atoms. The molecule has 8 nitrogen and oxygen atoms in total. The molecular weight excluding hydrogens is 616 g/mol. The predicted octanol–water partition coefficient (Wildman–Crippen LogP) is 6.20. The van der Waals surface area contributed by atoms with E-state index in [0.717, 1.165) is 42.1 Å². The fraction of sp³-hybridized carbons (Fsp3) is 0.355. The van der Waals surface area contributed by atoms with Crippen LogP contribution < -0.4 is 14.4 Å². The number of carbonyl (C=O) groups excluding carboxylic acids is 2. The molecule has 3 aromatic carbocycles. The van der Waals surface area contributed by atoms with Gasteiger partial charge >= 0.3 is 0 Å². The number of ether oxygens (including phenoxy) is 1. The molecule has 0 heterocycles. The van der Waals surface area contributed by atoms with Crippen LogP contribution in [0, 0.1) is 5.82 Å². The Morgan fingerprint density at radius 1 is 1.02 bits per heavy atom. The molecule has 0 saturated heterocycles. The van der Waals surface area contributed by atoms with Gasteiger partial charge in [-0.15, -0.1) is 0 Å². The van der Waals surface area contributed by atoms with Crippen LogP contribution in [0.3, 0.4) is 0 Å². The quantitative estimate of drug-likeness (QED) is 0.252. The van der Waals surface area contributed by atoms with Crippen molar-refractivity contribution in [3.8, 4) is 5.75 Å². The lowest BCUT2D eigenvalue weighted by atomic mass is 10.1. The number of carbonyl (C=O) groups is 2. The highest BCUT2D eigenvalue weighted by molar-refractivity contribution is 7.92. The Labute approximate surface area is 261 Å². The van der Waals surface area contributed by atoms with Crippen molar-refractivity contribution in [1.82, 2.24) is 10.2 Å². The first-order chi connectivity index (χ1) is 20.5. The van der Waals surface area contributed by atoms with Crippen LogP contribution in [-0.4, -0.2) is 50.9 Å². The number of nitrogens with one attached hydrogen (secondary N) is 1. The molecule has 230 valence electrons. The summed E-state index contributed by atoms with van der Waals surface area (Å²) >= 11 is 12.6. The van der Waals surface area contributed by atoms with Gasteiger partial charge < -0.3 is 15.0 Å². The molecule has 1 fully saturated rings. The second kappa shape index (κ2) is 14.4. The van der Waals surface area contributed by atoms with Gasteiger partial charge in [-0.25, -0.2) is 12.8 Å². The Hall–Kier alpha value is -3.34. The molecule has 2 amide bonds. The van der Waals surface area contributed by atoms with E-state index in [1.165, 1.54) is 48.4 Å². The van der Waals surface area contributed by atoms with Crippen molar-refractivity contribution in [2.24, 2.45) is 0 Å². The Morgan fingerprint density at radius 2 is 1.67 bits per heavy atom. The molecule has 1 N–H and O–H groups in total. The molecule has 1 aliphatic carbocycles. The van der Waals surface area contributed by atoms with Gasteiger partial charge in [0.2, 0.25) is 11.8 Å². The minimum absolute atomic E-state index is 0.0174. The minimum atomic E-state index is -4.31. The first-order valence-electron chi connectivity index (χ1n) is 14.0. The van der Waals surface area contributed by atoms with Crippen molar-refractivity contribution in [3.63, 3.8) is 0 Å². The highest BCUT2D eigenvalue weighted by atomic mass is 35.5. The highest BCUT2D eigenvalue weighted by Crippen LogP contribution is 2.28. The molecule has 3 aromatic rings. The van der Waals surface area contributed by atoms with Crippen molar-refractivity contribution < 1.29 is 27.1 Å².